The molecule has 0 aliphatic carbocycles. The lowest BCUT2D eigenvalue weighted by molar-refractivity contribution is -0.143. The Bertz CT molecular complexity index is 583. The van der Waals surface area contributed by atoms with Gasteiger partial charge in [-0.1, -0.05) is 31.0 Å². The van der Waals surface area contributed by atoms with Crippen LogP contribution in [-0.4, -0.2) is 51.3 Å². The Morgan fingerprint density at radius 3 is 2.68 bits per heavy atom. The van der Waals surface area contributed by atoms with E-state index in [-0.39, 0.29) is 29.9 Å². The fraction of sp³-hybridized carbons (Fsp3) is 0.619. The van der Waals surface area contributed by atoms with Crippen molar-refractivity contribution in [2.45, 2.75) is 51.5 Å². The van der Waals surface area contributed by atoms with Crippen LogP contribution >= 0.6 is 24.0 Å². The van der Waals surface area contributed by atoms with Crippen LogP contribution in [0.2, 0.25) is 0 Å². The van der Waals surface area contributed by atoms with Crippen LogP contribution in [0.3, 0.4) is 0 Å². The topological polar surface area (TPSA) is 66.0 Å². The van der Waals surface area contributed by atoms with E-state index in [1.165, 1.54) is 5.69 Å². The van der Waals surface area contributed by atoms with Crippen molar-refractivity contribution >= 4 is 41.6 Å². The van der Waals surface area contributed by atoms with E-state index in [0.29, 0.717) is 19.1 Å². The Labute approximate surface area is 186 Å². The molecule has 2 N–H and O–H groups in total. The summed E-state index contributed by atoms with van der Waals surface area (Å²) in [6, 6.07) is 11.0. The number of rotatable bonds is 10. The zero-order valence-corrected chi connectivity index (χ0v) is 19.5. The molecule has 1 aliphatic rings. The molecule has 1 aromatic carbocycles. The van der Waals surface area contributed by atoms with Crippen molar-refractivity contribution in [2.75, 3.05) is 38.2 Å². The number of hydrogen-bond acceptors (Lipinski definition) is 4. The quantitative estimate of drug-likeness (QED) is 0.169. The predicted molar refractivity (Wildman–Crippen MR) is 127 cm³/mol. The molecule has 0 aromatic heterocycles. The highest BCUT2D eigenvalue weighted by molar-refractivity contribution is 14.0. The molecular formula is C21H35IN4O2. The molecule has 0 bridgehead atoms. The number of para-hydroxylation sites is 1. The second-order valence-corrected chi connectivity index (χ2v) is 6.88. The summed E-state index contributed by atoms with van der Waals surface area (Å²) in [5, 5.41) is 6.93. The molecule has 1 saturated heterocycles. The van der Waals surface area contributed by atoms with Gasteiger partial charge in [-0.15, -0.1) is 24.0 Å². The number of nitrogens with zero attached hydrogens (tertiary/aromatic N) is 2. The molecule has 0 spiro atoms. The molecule has 7 heteroatoms. The second kappa shape index (κ2) is 14.5. The highest BCUT2D eigenvalue weighted by Gasteiger charge is 2.23. The summed E-state index contributed by atoms with van der Waals surface area (Å²) in [6.45, 7) is 5.28. The lowest BCUT2D eigenvalue weighted by atomic mass is 10.1. The van der Waals surface area contributed by atoms with Gasteiger partial charge in [0.2, 0.25) is 0 Å². The zero-order chi connectivity index (χ0) is 19.3. The number of guanidine groups is 1. The third kappa shape index (κ3) is 9.12. The molecule has 1 fully saturated rings. The lowest BCUT2D eigenvalue weighted by Gasteiger charge is -2.20. The molecule has 0 amide bonds. The van der Waals surface area contributed by atoms with Gasteiger partial charge in [0.1, 0.15) is 0 Å². The van der Waals surface area contributed by atoms with Gasteiger partial charge in [-0.2, -0.15) is 0 Å². The van der Waals surface area contributed by atoms with Gasteiger partial charge < -0.3 is 20.3 Å². The number of carbonyl (C=O) groups is 1. The Kier molecular flexibility index (Phi) is 12.7. The van der Waals surface area contributed by atoms with Crippen molar-refractivity contribution < 1.29 is 9.53 Å². The summed E-state index contributed by atoms with van der Waals surface area (Å²) in [5.41, 5.74) is 1.28. The van der Waals surface area contributed by atoms with E-state index < -0.39 is 0 Å². The molecule has 1 aromatic rings. The number of unbranched alkanes of at least 4 members (excludes halogenated alkanes) is 3. The van der Waals surface area contributed by atoms with Gasteiger partial charge in [0.05, 0.1) is 6.61 Å². The van der Waals surface area contributed by atoms with Crippen LogP contribution < -0.4 is 15.5 Å². The van der Waals surface area contributed by atoms with Gasteiger partial charge in [-0.25, -0.2) is 0 Å². The van der Waals surface area contributed by atoms with Crippen molar-refractivity contribution in [3.63, 3.8) is 0 Å². The third-order valence-electron chi connectivity index (χ3n) is 4.78. The van der Waals surface area contributed by atoms with E-state index in [1.54, 1.807) is 0 Å². The maximum atomic E-state index is 11.3. The fourth-order valence-corrected chi connectivity index (χ4v) is 3.33. The Hall–Kier alpha value is -1.51. The molecule has 2 rings (SSSR count). The van der Waals surface area contributed by atoms with Gasteiger partial charge in [-0.05, 0) is 38.3 Å². The maximum absolute atomic E-state index is 11.3. The molecule has 1 unspecified atom stereocenters. The Morgan fingerprint density at radius 1 is 1.21 bits per heavy atom. The number of benzene rings is 1. The number of nitrogens with one attached hydrogen (secondary N) is 2. The van der Waals surface area contributed by atoms with Crippen molar-refractivity contribution in [2.24, 2.45) is 4.99 Å². The molecule has 1 atom stereocenters. The van der Waals surface area contributed by atoms with Gasteiger partial charge in [0, 0.05) is 44.8 Å². The van der Waals surface area contributed by atoms with Crippen LogP contribution in [0.4, 0.5) is 5.69 Å². The number of ether oxygens (including phenoxy) is 1. The first-order valence-electron chi connectivity index (χ1n) is 10.2. The third-order valence-corrected chi connectivity index (χ3v) is 4.78. The maximum Gasteiger partial charge on any atom is 0.305 e. The van der Waals surface area contributed by atoms with Crippen molar-refractivity contribution in [1.82, 2.24) is 10.6 Å². The largest absolute Gasteiger partial charge is 0.466 e. The van der Waals surface area contributed by atoms with E-state index in [1.807, 2.05) is 14.0 Å². The fourth-order valence-electron chi connectivity index (χ4n) is 3.33. The minimum atomic E-state index is -0.0821. The zero-order valence-electron chi connectivity index (χ0n) is 17.2. The van der Waals surface area contributed by atoms with Crippen LogP contribution in [0.15, 0.2) is 35.3 Å². The highest BCUT2D eigenvalue weighted by Crippen LogP contribution is 2.19. The summed E-state index contributed by atoms with van der Waals surface area (Å²) in [4.78, 5) is 18.0. The first kappa shape index (κ1) is 24.5. The molecule has 158 valence electrons. The first-order valence-corrected chi connectivity index (χ1v) is 10.2. The highest BCUT2D eigenvalue weighted by atomic mass is 127. The smallest absolute Gasteiger partial charge is 0.305 e. The molecule has 1 aliphatic heterocycles. The molecule has 0 saturated carbocycles. The van der Waals surface area contributed by atoms with Crippen molar-refractivity contribution in [3.05, 3.63) is 30.3 Å². The number of anilines is 1. The van der Waals surface area contributed by atoms with E-state index in [9.17, 15) is 4.79 Å². The number of aliphatic imine (C=N–C) groups is 1. The van der Waals surface area contributed by atoms with Gasteiger partial charge in [-0.3, -0.25) is 9.79 Å². The van der Waals surface area contributed by atoms with E-state index in [4.69, 9.17) is 4.74 Å². The first-order chi connectivity index (χ1) is 13.2. The Morgan fingerprint density at radius 2 is 1.96 bits per heavy atom. The summed E-state index contributed by atoms with van der Waals surface area (Å²) in [7, 11) is 1.82. The van der Waals surface area contributed by atoms with Crippen LogP contribution in [-0.2, 0) is 9.53 Å². The van der Waals surface area contributed by atoms with Gasteiger partial charge in [0.15, 0.2) is 5.96 Å². The summed E-state index contributed by atoms with van der Waals surface area (Å²) in [6.07, 6.45) is 5.79. The molecule has 28 heavy (non-hydrogen) atoms. The monoisotopic (exact) mass is 502 g/mol. The molecule has 1 heterocycles. The standard InChI is InChI=1S/C21H34N4O2.HI/c1-3-27-20(26)13-9-4-5-10-15-23-21(22-2)24-18-14-16-25(17-18)19-11-7-6-8-12-19;/h6-8,11-12,18H,3-5,9-10,13-17H2,1-2H3,(H2,22,23,24);1H. The lowest BCUT2D eigenvalue weighted by Crippen LogP contribution is -2.44. The number of hydrogen-bond donors (Lipinski definition) is 2. The second-order valence-electron chi connectivity index (χ2n) is 6.88. The average Bonchev–Trinajstić information content (AvgIpc) is 3.15. The minimum absolute atomic E-state index is 0. The average molecular weight is 502 g/mol. The van der Waals surface area contributed by atoms with E-state index in [2.05, 4.69) is 50.9 Å². The predicted octanol–water partition coefficient (Wildman–Crippen LogP) is 3.56. The van der Waals surface area contributed by atoms with Crippen molar-refractivity contribution in [3.8, 4) is 0 Å². The molecule has 6 nitrogen and oxygen atoms in total. The van der Waals surface area contributed by atoms with E-state index >= 15 is 0 Å². The van der Waals surface area contributed by atoms with Crippen LogP contribution in [0.25, 0.3) is 0 Å². The normalized spacial score (nSPS) is 16.4. The molecular weight excluding hydrogens is 467 g/mol. The molecule has 0 radical (unpaired) electrons. The summed E-state index contributed by atoms with van der Waals surface area (Å²) in [5.74, 6) is 0.794. The number of esters is 1. The van der Waals surface area contributed by atoms with Crippen LogP contribution in [0.5, 0.6) is 0 Å². The minimum Gasteiger partial charge on any atom is -0.466 e. The summed E-state index contributed by atoms with van der Waals surface area (Å²) < 4.78 is 4.94. The Balaban J connectivity index is 0.00000392. The van der Waals surface area contributed by atoms with Crippen molar-refractivity contribution in [1.29, 1.82) is 0 Å². The number of carbonyl (C=O) groups excluding carboxylic acids is 1. The van der Waals surface area contributed by atoms with Gasteiger partial charge >= 0.3 is 5.97 Å². The van der Waals surface area contributed by atoms with Crippen LogP contribution in [0, 0.1) is 0 Å². The number of halogens is 1. The van der Waals surface area contributed by atoms with E-state index in [0.717, 1.165) is 57.7 Å². The van der Waals surface area contributed by atoms with Crippen LogP contribution in [0.1, 0.15) is 45.4 Å². The SMILES string of the molecule is CCOC(=O)CCCCCCNC(=NC)NC1CCN(c2ccccc2)C1.I. The van der Waals surface area contributed by atoms with Gasteiger partial charge in [0.25, 0.3) is 0 Å². The summed E-state index contributed by atoms with van der Waals surface area (Å²) >= 11 is 0.